The van der Waals surface area contributed by atoms with Crippen molar-refractivity contribution in [2.45, 2.75) is 78.2 Å². The number of hydrogen-bond acceptors (Lipinski definition) is 26. The van der Waals surface area contributed by atoms with Gasteiger partial charge in [-0.25, -0.2) is 53.9 Å². The zero-order valence-corrected chi connectivity index (χ0v) is 71.0. The molecule has 114 heavy (non-hydrogen) atoms. The van der Waals surface area contributed by atoms with E-state index in [4.69, 9.17) is 46.0 Å². The molecule has 11 N–H and O–H groups in total. The van der Waals surface area contributed by atoms with Crippen LogP contribution in [0.2, 0.25) is 0 Å². The summed E-state index contributed by atoms with van der Waals surface area (Å²) in [5.41, 5.74) is 22.2. The lowest BCUT2D eigenvalue weighted by Crippen LogP contribution is -2.42. The van der Waals surface area contributed by atoms with Gasteiger partial charge in [0.05, 0.1) is 83.6 Å². The molecular formula is C77H104Br4N20O13. The van der Waals surface area contributed by atoms with Gasteiger partial charge in [0.25, 0.3) is 0 Å². The smallest absolute Gasteiger partial charge is 0.331 e. The topological polar surface area (TPSA) is 412 Å². The number of anilines is 6. The molecular weight excluding hydrogens is 1730 g/mol. The molecule has 0 spiro atoms. The summed E-state index contributed by atoms with van der Waals surface area (Å²) >= 11 is 9.98. The number of nitrogens with one attached hydrogen (secondary N) is 4. The van der Waals surface area contributed by atoms with Crippen molar-refractivity contribution in [1.29, 1.82) is 0 Å². The van der Waals surface area contributed by atoms with Gasteiger partial charge in [0, 0.05) is 183 Å². The third-order valence-electron chi connectivity index (χ3n) is 18.0. The molecule has 0 unspecified atom stereocenters. The van der Waals surface area contributed by atoms with Gasteiger partial charge in [-0.1, -0.05) is 0 Å². The molecule has 0 atom stereocenters. The number of nitrogens with zero attached hydrogens (tertiary/aromatic N) is 13. The number of carbonyl (C=O) groups excluding carboxylic acids is 6. The first-order valence-corrected chi connectivity index (χ1v) is 39.8. The average molecular weight is 1840 g/mol. The third kappa shape index (κ3) is 33.3. The van der Waals surface area contributed by atoms with Gasteiger partial charge in [-0.3, -0.25) is 45.1 Å². The summed E-state index contributed by atoms with van der Waals surface area (Å²) in [5, 5.41) is 20.6. The van der Waals surface area contributed by atoms with Crippen LogP contribution in [0, 0.1) is 0 Å². The molecule has 0 radical (unpaired) electrons. The van der Waals surface area contributed by atoms with Crippen LogP contribution < -0.4 is 38.5 Å². The Morgan fingerprint density at radius 3 is 1.32 bits per heavy atom. The molecule has 13 rings (SSSR count). The van der Waals surface area contributed by atoms with Crippen molar-refractivity contribution in [2.75, 3.05) is 191 Å². The minimum atomic E-state index is -1.00. The number of amides is 6. The van der Waals surface area contributed by atoms with Gasteiger partial charge in [0.15, 0.2) is 12.6 Å². The lowest BCUT2D eigenvalue weighted by atomic mass is 10.1. The van der Waals surface area contributed by atoms with Gasteiger partial charge in [0.2, 0.25) is 0 Å². The molecule has 7 aliphatic rings. The number of nitrogen functional groups attached to an aromatic ring is 3. The number of carboxylic acid groups (broad SMARTS) is 1. The van der Waals surface area contributed by atoms with E-state index in [0.717, 1.165) is 224 Å². The fraction of sp³-hybridized carbons (Fsp3) is 0.468. The van der Waals surface area contributed by atoms with Gasteiger partial charge < -0.3 is 66.0 Å². The number of pyridine rings is 6. The number of aldehydes is 2. The predicted molar refractivity (Wildman–Crippen MR) is 452 cm³/mol. The number of ether oxygens (including phenoxy) is 5. The van der Waals surface area contributed by atoms with E-state index in [-0.39, 0.29) is 46.7 Å². The Bertz CT molecular complexity index is 4150. The summed E-state index contributed by atoms with van der Waals surface area (Å²) < 4.78 is 29.3. The van der Waals surface area contributed by atoms with Crippen LogP contribution in [-0.2, 0) is 59.5 Å². The summed E-state index contributed by atoms with van der Waals surface area (Å²) in [6.07, 6.45) is 20.6. The van der Waals surface area contributed by atoms with E-state index in [0.29, 0.717) is 85.3 Å². The third-order valence-corrected chi connectivity index (χ3v) is 19.3. The number of nitrogens with two attached hydrogens (primary N) is 3. The van der Waals surface area contributed by atoms with Gasteiger partial charge in [0.1, 0.15) is 40.5 Å². The number of hydrogen-bond donors (Lipinski definition) is 8. The Kier molecular flexibility index (Phi) is 40.1. The van der Waals surface area contributed by atoms with Crippen molar-refractivity contribution in [1.82, 2.24) is 69.5 Å². The molecule has 7 aliphatic heterocycles. The Morgan fingerprint density at radius 1 is 0.518 bits per heavy atom. The van der Waals surface area contributed by atoms with Crippen molar-refractivity contribution < 1.29 is 62.4 Å². The average Bonchev–Trinajstić information content (AvgIpc) is 0.821. The second-order valence-corrected chi connectivity index (χ2v) is 30.5. The number of aromatic nitrogens is 6. The number of urea groups is 3. The summed E-state index contributed by atoms with van der Waals surface area (Å²) in [7, 11) is 0. The zero-order valence-electron chi connectivity index (χ0n) is 64.5. The number of fused-ring (bicyclic) bond motifs is 3. The molecule has 37 heteroatoms. The van der Waals surface area contributed by atoms with Crippen LogP contribution in [0.15, 0.2) is 105 Å². The van der Waals surface area contributed by atoms with Crippen LogP contribution in [0.3, 0.4) is 0 Å². The number of rotatable bonds is 24. The summed E-state index contributed by atoms with van der Waals surface area (Å²) in [6, 6.07) is 12.4. The normalized spacial score (nSPS) is 16.4. The fourth-order valence-electron chi connectivity index (χ4n) is 12.1. The highest BCUT2D eigenvalue weighted by atomic mass is 79.9. The summed E-state index contributed by atoms with van der Waals surface area (Å²) in [4.78, 5) is 119. The molecule has 6 aromatic heterocycles. The molecule has 618 valence electrons. The maximum atomic E-state index is 12.3. The van der Waals surface area contributed by atoms with Gasteiger partial charge in [-0.2, -0.15) is 0 Å². The Labute approximate surface area is 700 Å². The molecule has 0 saturated carbocycles. The quantitative estimate of drug-likeness (QED) is 0.0121. The molecule has 0 aromatic carbocycles. The van der Waals surface area contributed by atoms with Gasteiger partial charge in [-0.05, 0) is 173 Å². The van der Waals surface area contributed by atoms with E-state index >= 15 is 0 Å². The van der Waals surface area contributed by atoms with Gasteiger partial charge in [-0.15, -0.1) is 17.0 Å². The van der Waals surface area contributed by atoms with Crippen LogP contribution in [0.1, 0.15) is 101 Å². The predicted octanol–water partition coefficient (Wildman–Crippen LogP) is 9.20. The summed E-state index contributed by atoms with van der Waals surface area (Å²) in [5.74, 6) is 1.54. The molecule has 13 heterocycles. The van der Waals surface area contributed by atoms with Crippen molar-refractivity contribution in [3.8, 4) is 0 Å². The SMILES string of the molecule is Br.CC(C)(C)OC(=O)/C=C/c1cnc2c(c1)CN(CCCN1CCOCC1)C(=O)N2.Nc1ncc(Br)cc1C=O.Nc1ncc(Br)cc1CNCCCN1CCOCC1.Nc1ncccc1C=O.O=C(O)/C=C/c1cnc2c(c1)CN(CCCN1CCOCC1)C(=O)N2.O=C1Nc2ncc(Br)cc2CN1CCCN1CCOCC1. The Balaban J connectivity index is 0.000000196. The number of aliphatic carboxylic acids is 1. The number of esters is 1. The molecule has 6 amide bonds. The molecule has 0 aliphatic carbocycles. The van der Waals surface area contributed by atoms with Crippen LogP contribution in [0.5, 0.6) is 0 Å². The van der Waals surface area contributed by atoms with Crippen LogP contribution in [-0.4, -0.2) is 275 Å². The Morgan fingerprint density at radius 2 is 0.904 bits per heavy atom. The minimum Gasteiger partial charge on any atom is -0.478 e. The highest BCUT2D eigenvalue weighted by molar-refractivity contribution is 9.11. The van der Waals surface area contributed by atoms with Crippen molar-refractivity contribution in [2.24, 2.45) is 0 Å². The van der Waals surface area contributed by atoms with Crippen LogP contribution in [0.25, 0.3) is 12.2 Å². The zero-order chi connectivity index (χ0) is 80.9. The standard InChI is InChI=1S/C21H30N4O4.C17H22N4O4.C14H19BrN4O2.C13H21BrN4O.C6H5BrN2O.C6H6N2O.BrH/c1-21(2,3)29-18(26)6-5-16-13-17-15-25(20(27)23-19(17)22-14-16)8-4-7-24-9-11-28-12-10-24;22-15(23)3-2-13-10-14-12-21(17(24)19-16(14)18-11-13)5-1-4-20-6-8-25-9-7-20;15-12-8-11-10-19(14(20)17-13(11)16-9-12)3-1-2-18-4-6-21-7-5-18;14-12-8-11(13(15)17-10-12)9-16-2-1-3-18-4-6-19-7-5-18;7-5-1-4(3-10)6(8)9-2-5;7-6-5(4-9)2-1-3-8-6;/h5-6,13-14H,4,7-12,15H2,1-3H3,(H,22,23,27);2-3,10-11H,1,4-9,12H2,(H,22,23)(H,18,19,24);8-9H,1-7,10H2,(H,16,17,20);8,10,16H,1-7,9H2,(H2,15,17);1-3H,(H2,8,9);1-4H,(H2,7,8);1H/b6-5+;3-2+;;;;;. The lowest BCUT2D eigenvalue weighted by molar-refractivity contribution is -0.148. The second-order valence-electron chi connectivity index (χ2n) is 27.8. The maximum absolute atomic E-state index is 12.3. The highest BCUT2D eigenvalue weighted by Gasteiger charge is 2.28. The second kappa shape index (κ2) is 49.4. The first kappa shape index (κ1) is 92.6. The largest absolute Gasteiger partial charge is 0.478 e. The van der Waals surface area contributed by atoms with Crippen LogP contribution >= 0.6 is 64.8 Å². The number of carbonyl (C=O) groups is 7. The van der Waals surface area contributed by atoms with Gasteiger partial charge >= 0.3 is 30.0 Å². The van der Waals surface area contributed by atoms with E-state index in [1.54, 1.807) is 71.3 Å². The number of halogens is 4. The molecule has 4 fully saturated rings. The van der Waals surface area contributed by atoms with Crippen LogP contribution in [0.4, 0.5) is 49.3 Å². The molecule has 0 bridgehead atoms. The van der Waals surface area contributed by atoms with Crippen molar-refractivity contribution >= 4 is 154 Å². The summed E-state index contributed by atoms with van der Waals surface area (Å²) in [6.45, 7) is 29.4. The van der Waals surface area contributed by atoms with E-state index in [2.05, 4.69) is 119 Å². The number of morpholine rings is 4. The monoisotopic (exact) mass is 1830 g/mol. The fourth-order valence-corrected chi connectivity index (χ4v) is 13.2. The molecule has 33 nitrogen and oxygen atoms in total. The Hall–Kier alpha value is -8.57. The molecule has 4 saturated heterocycles. The van der Waals surface area contributed by atoms with E-state index in [1.807, 2.05) is 49.9 Å². The minimum absolute atomic E-state index is 0. The van der Waals surface area contributed by atoms with E-state index in [9.17, 15) is 33.6 Å². The van der Waals surface area contributed by atoms with E-state index < -0.39 is 17.5 Å². The molecule has 6 aromatic rings. The van der Waals surface area contributed by atoms with E-state index in [1.165, 1.54) is 12.2 Å². The number of carboxylic acids is 1. The first-order chi connectivity index (χ1) is 54.5. The lowest BCUT2D eigenvalue weighted by Gasteiger charge is -2.31. The van der Waals surface area contributed by atoms with Crippen molar-refractivity contribution in [3.63, 3.8) is 0 Å². The van der Waals surface area contributed by atoms with Crippen molar-refractivity contribution in [3.05, 3.63) is 150 Å². The highest BCUT2D eigenvalue weighted by Crippen LogP contribution is 2.27. The maximum Gasteiger partial charge on any atom is 0.331 e. The first-order valence-electron chi connectivity index (χ1n) is 37.4.